The molecule has 6 nitrogen and oxygen atoms in total. The van der Waals surface area contributed by atoms with E-state index in [1.807, 2.05) is 23.5 Å². The van der Waals surface area contributed by atoms with Crippen molar-refractivity contribution in [3.63, 3.8) is 0 Å². The number of ether oxygens (including phenoxy) is 1. The van der Waals surface area contributed by atoms with Crippen molar-refractivity contribution in [3.8, 4) is 0 Å². The van der Waals surface area contributed by atoms with Gasteiger partial charge in [0.05, 0.1) is 11.8 Å². The van der Waals surface area contributed by atoms with Crippen LogP contribution in [0.5, 0.6) is 0 Å². The summed E-state index contributed by atoms with van der Waals surface area (Å²) in [6.07, 6.45) is 2.85. The Morgan fingerprint density at radius 3 is 2.95 bits per heavy atom. The first kappa shape index (κ1) is 12.9. The summed E-state index contributed by atoms with van der Waals surface area (Å²) in [5.74, 6) is -1.00. The number of imidazole rings is 1. The average molecular weight is 275 g/mol. The molecule has 2 aromatic rings. The van der Waals surface area contributed by atoms with Crippen molar-refractivity contribution in [3.05, 3.63) is 29.7 Å². The van der Waals surface area contributed by atoms with Crippen LogP contribution in [-0.4, -0.2) is 46.8 Å². The fourth-order valence-corrected chi connectivity index (χ4v) is 2.75. The molecule has 3 rings (SSSR count). The van der Waals surface area contributed by atoms with Gasteiger partial charge in [-0.2, -0.15) is 0 Å². The second-order valence-corrected chi connectivity index (χ2v) is 5.06. The first-order valence-electron chi connectivity index (χ1n) is 6.60. The van der Waals surface area contributed by atoms with Gasteiger partial charge in [0.2, 0.25) is 0 Å². The standard InChI is InChI=1S/C14H17N3O3/c1-9-12(16-6-5-10(7-16)20-2)3-4-13-15-11(14(18)19)8-17(9)13/h3-4,8,10H,5-7H2,1-2H3,(H,18,19)/t10-/m1/s1. The van der Waals surface area contributed by atoms with Crippen LogP contribution in [0.1, 0.15) is 22.6 Å². The van der Waals surface area contributed by atoms with Gasteiger partial charge in [-0.25, -0.2) is 9.78 Å². The molecule has 1 N–H and O–H groups in total. The zero-order valence-electron chi connectivity index (χ0n) is 11.5. The Morgan fingerprint density at radius 2 is 2.30 bits per heavy atom. The highest BCUT2D eigenvalue weighted by Gasteiger charge is 2.24. The molecule has 106 valence electrons. The maximum Gasteiger partial charge on any atom is 0.356 e. The predicted molar refractivity (Wildman–Crippen MR) is 74.5 cm³/mol. The van der Waals surface area contributed by atoms with Crippen LogP contribution >= 0.6 is 0 Å². The Bertz CT molecular complexity index is 665. The van der Waals surface area contributed by atoms with Crippen molar-refractivity contribution in [1.82, 2.24) is 9.38 Å². The number of carboxylic acids is 1. The fraction of sp³-hybridized carbons (Fsp3) is 0.429. The summed E-state index contributed by atoms with van der Waals surface area (Å²) < 4.78 is 7.22. The highest BCUT2D eigenvalue weighted by Crippen LogP contribution is 2.26. The quantitative estimate of drug-likeness (QED) is 0.921. The summed E-state index contributed by atoms with van der Waals surface area (Å²) in [7, 11) is 1.74. The number of hydrogen-bond acceptors (Lipinski definition) is 4. The molecule has 20 heavy (non-hydrogen) atoms. The van der Waals surface area contributed by atoms with E-state index >= 15 is 0 Å². The van der Waals surface area contributed by atoms with Crippen molar-refractivity contribution in [2.75, 3.05) is 25.1 Å². The van der Waals surface area contributed by atoms with Crippen molar-refractivity contribution in [2.24, 2.45) is 0 Å². The number of fused-ring (bicyclic) bond motifs is 1. The number of pyridine rings is 1. The molecule has 0 amide bonds. The Morgan fingerprint density at radius 1 is 1.50 bits per heavy atom. The van der Waals surface area contributed by atoms with Crippen LogP contribution in [0.15, 0.2) is 18.3 Å². The van der Waals surface area contributed by atoms with Crippen molar-refractivity contribution < 1.29 is 14.6 Å². The number of hydrogen-bond donors (Lipinski definition) is 1. The molecule has 2 aromatic heterocycles. The van der Waals surface area contributed by atoms with E-state index in [4.69, 9.17) is 9.84 Å². The summed E-state index contributed by atoms with van der Waals surface area (Å²) in [5, 5.41) is 9.02. The second kappa shape index (κ2) is 4.79. The van der Waals surface area contributed by atoms with Crippen LogP contribution < -0.4 is 4.90 Å². The van der Waals surface area contributed by atoms with Gasteiger partial charge >= 0.3 is 5.97 Å². The fourth-order valence-electron chi connectivity index (χ4n) is 2.75. The third-order valence-corrected chi connectivity index (χ3v) is 3.89. The second-order valence-electron chi connectivity index (χ2n) is 5.06. The van der Waals surface area contributed by atoms with Crippen molar-refractivity contribution in [2.45, 2.75) is 19.4 Å². The SMILES string of the molecule is CO[C@@H]1CCN(c2ccc3nc(C(=O)O)cn3c2C)C1. The Balaban J connectivity index is 2.00. The number of methoxy groups -OCH3 is 1. The van der Waals surface area contributed by atoms with E-state index in [0.29, 0.717) is 5.65 Å². The average Bonchev–Trinajstić information content (AvgIpc) is 3.05. The molecule has 0 bridgehead atoms. The Kier molecular flexibility index (Phi) is 3.10. The molecule has 3 heterocycles. The number of aromatic carboxylic acids is 1. The molecule has 1 saturated heterocycles. The van der Waals surface area contributed by atoms with E-state index in [2.05, 4.69) is 9.88 Å². The minimum atomic E-state index is -1.00. The summed E-state index contributed by atoms with van der Waals surface area (Å²) in [4.78, 5) is 17.4. The van der Waals surface area contributed by atoms with Crippen LogP contribution in [-0.2, 0) is 4.74 Å². The van der Waals surface area contributed by atoms with Crippen LogP contribution in [0, 0.1) is 6.92 Å². The molecule has 0 aromatic carbocycles. The van der Waals surface area contributed by atoms with E-state index in [1.165, 1.54) is 0 Å². The Labute approximate surface area is 116 Å². The van der Waals surface area contributed by atoms with Crippen LogP contribution in [0.4, 0.5) is 5.69 Å². The third kappa shape index (κ3) is 2.02. The van der Waals surface area contributed by atoms with Gasteiger partial charge in [-0.15, -0.1) is 0 Å². The summed E-state index contributed by atoms with van der Waals surface area (Å²) in [6, 6.07) is 3.86. The van der Waals surface area contributed by atoms with Gasteiger partial charge in [-0.1, -0.05) is 0 Å². The lowest BCUT2D eigenvalue weighted by molar-refractivity contribution is 0.0691. The maximum absolute atomic E-state index is 11.0. The molecule has 1 atom stereocenters. The molecule has 1 aliphatic rings. The molecule has 6 heteroatoms. The zero-order chi connectivity index (χ0) is 14.3. The highest BCUT2D eigenvalue weighted by atomic mass is 16.5. The van der Waals surface area contributed by atoms with Gasteiger partial charge in [0.15, 0.2) is 5.69 Å². The topological polar surface area (TPSA) is 67.1 Å². The van der Waals surface area contributed by atoms with Gasteiger partial charge in [0.25, 0.3) is 0 Å². The van der Waals surface area contributed by atoms with E-state index in [0.717, 1.165) is 30.9 Å². The normalized spacial score (nSPS) is 18.9. The number of aromatic nitrogens is 2. The third-order valence-electron chi connectivity index (χ3n) is 3.89. The van der Waals surface area contributed by atoms with E-state index < -0.39 is 5.97 Å². The number of anilines is 1. The Hall–Kier alpha value is -2.08. The lowest BCUT2D eigenvalue weighted by Crippen LogP contribution is -2.23. The number of aryl methyl sites for hydroxylation is 1. The molecular weight excluding hydrogens is 258 g/mol. The van der Waals surface area contributed by atoms with Gasteiger partial charge in [-0.05, 0) is 25.5 Å². The van der Waals surface area contributed by atoms with Crippen molar-refractivity contribution >= 4 is 17.3 Å². The first-order valence-corrected chi connectivity index (χ1v) is 6.60. The molecular formula is C14H17N3O3. The molecule has 0 aliphatic carbocycles. The van der Waals surface area contributed by atoms with Crippen LogP contribution in [0.3, 0.4) is 0 Å². The number of carbonyl (C=O) groups is 1. The largest absolute Gasteiger partial charge is 0.476 e. The van der Waals surface area contributed by atoms with E-state index in [9.17, 15) is 4.79 Å². The van der Waals surface area contributed by atoms with Crippen LogP contribution in [0.25, 0.3) is 5.65 Å². The number of nitrogens with zero attached hydrogens (tertiary/aromatic N) is 3. The molecule has 0 radical (unpaired) electrons. The van der Waals surface area contributed by atoms with Gasteiger partial charge < -0.3 is 19.1 Å². The van der Waals surface area contributed by atoms with Crippen molar-refractivity contribution in [1.29, 1.82) is 0 Å². The lowest BCUT2D eigenvalue weighted by Gasteiger charge is -2.21. The smallest absolute Gasteiger partial charge is 0.356 e. The van der Waals surface area contributed by atoms with E-state index in [1.54, 1.807) is 13.3 Å². The minimum absolute atomic E-state index is 0.0708. The summed E-state index contributed by atoms with van der Waals surface area (Å²) in [6.45, 7) is 3.80. The molecule has 0 saturated carbocycles. The minimum Gasteiger partial charge on any atom is -0.476 e. The highest BCUT2D eigenvalue weighted by molar-refractivity contribution is 5.86. The van der Waals surface area contributed by atoms with Gasteiger partial charge in [-0.3, -0.25) is 0 Å². The number of rotatable bonds is 3. The molecule has 0 unspecified atom stereocenters. The lowest BCUT2D eigenvalue weighted by atomic mass is 10.3. The zero-order valence-corrected chi connectivity index (χ0v) is 11.5. The van der Waals surface area contributed by atoms with Crippen LogP contribution in [0.2, 0.25) is 0 Å². The number of carboxylic acid groups (broad SMARTS) is 1. The van der Waals surface area contributed by atoms with Gasteiger partial charge in [0.1, 0.15) is 5.65 Å². The first-order chi connectivity index (χ1) is 9.60. The monoisotopic (exact) mass is 275 g/mol. The van der Waals surface area contributed by atoms with Gasteiger partial charge in [0, 0.05) is 32.1 Å². The molecule has 1 aliphatic heterocycles. The summed E-state index contributed by atoms with van der Waals surface area (Å²) >= 11 is 0. The van der Waals surface area contributed by atoms with E-state index in [-0.39, 0.29) is 11.8 Å². The maximum atomic E-state index is 11.0. The summed E-state index contributed by atoms with van der Waals surface area (Å²) in [5.41, 5.74) is 2.83. The molecule has 0 spiro atoms. The molecule has 1 fully saturated rings. The predicted octanol–water partition coefficient (Wildman–Crippen LogP) is 1.57.